The van der Waals surface area contributed by atoms with E-state index >= 15 is 0 Å². The molecule has 6 heteroatoms. The molecule has 0 nitrogen and oxygen atoms in total. The third kappa shape index (κ3) is 5.10. The second-order valence-electron chi connectivity index (χ2n) is 5.09. The van der Waals surface area contributed by atoms with Crippen LogP contribution < -0.4 is 0 Å². The van der Waals surface area contributed by atoms with Crippen LogP contribution in [0.4, 0.5) is 13.2 Å². The van der Waals surface area contributed by atoms with Crippen LogP contribution in [-0.2, 0) is 0 Å². The second-order valence-corrected chi connectivity index (χ2v) is 7.33. The summed E-state index contributed by atoms with van der Waals surface area (Å²) in [6.45, 7) is 1.84. The smallest absolute Gasteiger partial charge is 0.170 e. The van der Waals surface area contributed by atoms with Gasteiger partial charge in [0.1, 0.15) is 0 Å². The third-order valence-corrected chi connectivity index (χ3v) is 4.60. The summed E-state index contributed by atoms with van der Waals surface area (Å²) in [4.78, 5) is 0. The summed E-state index contributed by atoms with van der Waals surface area (Å²) in [5, 5.41) is 0.529. The summed E-state index contributed by atoms with van der Waals surface area (Å²) in [7, 11) is 0. The molecule has 1 unspecified atom stereocenters. The summed E-state index contributed by atoms with van der Waals surface area (Å²) in [5.74, 6) is -1.70. The molecule has 23 heavy (non-hydrogen) atoms. The third-order valence-electron chi connectivity index (χ3n) is 3.27. The van der Waals surface area contributed by atoms with Crippen LogP contribution in [0.3, 0.4) is 0 Å². The number of benzene rings is 2. The van der Waals surface area contributed by atoms with Crippen molar-refractivity contribution < 1.29 is 13.2 Å². The highest BCUT2D eigenvalue weighted by Gasteiger charge is 2.39. The van der Waals surface area contributed by atoms with E-state index in [2.05, 4.69) is 31.9 Å². The van der Waals surface area contributed by atoms with Gasteiger partial charge in [-0.05, 0) is 47.9 Å². The Morgan fingerprint density at radius 1 is 1.04 bits per heavy atom. The quantitative estimate of drug-likeness (QED) is 0.437. The molecule has 2 aromatic carbocycles. The number of hydrogen-bond donors (Lipinski definition) is 0. The molecule has 0 aliphatic rings. The van der Waals surface area contributed by atoms with Gasteiger partial charge >= 0.3 is 6.18 Å². The molecule has 0 saturated heterocycles. The van der Waals surface area contributed by atoms with Gasteiger partial charge in [0.2, 0.25) is 0 Å². The summed E-state index contributed by atoms with van der Waals surface area (Å²) in [6, 6.07) is 9.80. The highest BCUT2D eigenvalue weighted by Crippen LogP contribution is 2.38. The van der Waals surface area contributed by atoms with E-state index in [-0.39, 0.29) is 5.56 Å². The van der Waals surface area contributed by atoms with Crippen molar-refractivity contribution in [2.45, 2.75) is 19.0 Å². The number of allylic oxidation sites excluding steroid dienone is 1. The Hall–Kier alpha value is -0.780. The van der Waals surface area contributed by atoms with Gasteiger partial charge < -0.3 is 0 Å². The molecule has 0 radical (unpaired) electrons. The van der Waals surface area contributed by atoms with Gasteiger partial charge in [0.25, 0.3) is 0 Å². The van der Waals surface area contributed by atoms with Crippen molar-refractivity contribution in [2.75, 3.05) is 0 Å². The van der Waals surface area contributed by atoms with E-state index in [0.717, 1.165) is 11.6 Å². The number of halogens is 6. The van der Waals surface area contributed by atoms with Crippen molar-refractivity contribution in [2.24, 2.45) is 0 Å². The molecule has 0 N–H and O–H groups in total. The molecule has 0 amide bonds. The van der Waals surface area contributed by atoms with Gasteiger partial charge in [-0.1, -0.05) is 67.7 Å². The van der Waals surface area contributed by atoms with Gasteiger partial charge in [-0.2, -0.15) is 13.2 Å². The van der Waals surface area contributed by atoms with Crippen molar-refractivity contribution in [3.05, 3.63) is 73.1 Å². The molecule has 2 rings (SSSR count). The first-order valence-corrected chi connectivity index (χ1v) is 8.60. The van der Waals surface area contributed by atoms with Crippen LogP contribution in [0.25, 0.3) is 6.08 Å². The van der Waals surface area contributed by atoms with Gasteiger partial charge in [-0.25, -0.2) is 0 Å². The molecule has 0 aliphatic heterocycles. The maximum atomic E-state index is 13.4. The topological polar surface area (TPSA) is 0 Å². The van der Waals surface area contributed by atoms with E-state index in [1.807, 2.05) is 6.92 Å². The first-order valence-electron chi connectivity index (χ1n) is 6.64. The molecule has 0 saturated carbocycles. The molecule has 122 valence electrons. The first kappa shape index (κ1) is 18.6. The zero-order valence-electron chi connectivity index (χ0n) is 12.0. The molecule has 0 aliphatic carbocycles. The van der Waals surface area contributed by atoms with E-state index in [9.17, 15) is 13.2 Å². The maximum absolute atomic E-state index is 13.4. The zero-order chi connectivity index (χ0) is 17.2. The maximum Gasteiger partial charge on any atom is 0.399 e. The van der Waals surface area contributed by atoms with Gasteiger partial charge in [0, 0.05) is 14.0 Å². The minimum Gasteiger partial charge on any atom is -0.170 e. The van der Waals surface area contributed by atoms with Crippen LogP contribution >= 0.6 is 43.5 Å². The Balaban J connectivity index is 2.39. The van der Waals surface area contributed by atoms with Crippen molar-refractivity contribution in [1.29, 1.82) is 0 Å². The monoisotopic (exact) mass is 466 g/mol. The fraction of sp³-hybridized carbons (Fsp3) is 0.176. The highest BCUT2D eigenvalue weighted by atomic mass is 79.9. The molecule has 0 heterocycles. The number of hydrogen-bond acceptors (Lipinski definition) is 0. The lowest BCUT2D eigenvalue weighted by Gasteiger charge is -2.18. The van der Waals surface area contributed by atoms with Gasteiger partial charge in [0.05, 0.1) is 5.92 Å². The molecule has 0 spiro atoms. The van der Waals surface area contributed by atoms with E-state index < -0.39 is 12.1 Å². The van der Waals surface area contributed by atoms with E-state index in [1.165, 1.54) is 18.2 Å². The van der Waals surface area contributed by atoms with Gasteiger partial charge in [-0.3, -0.25) is 0 Å². The van der Waals surface area contributed by atoms with Crippen LogP contribution in [0.15, 0.2) is 51.4 Å². The number of aryl methyl sites for hydroxylation is 1. The van der Waals surface area contributed by atoms with Crippen LogP contribution in [0.2, 0.25) is 5.02 Å². The fourth-order valence-corrected chi connectivity index (χ4v) is 3.60. The molecular formula is C17H12Br2ClF3. The lowest BCUT2D eigenvalue weighted by atomic mass is 9.97. The summed E-state index contributed by atoms with van der Waals surface area (Å²) in [5.41, 5.74) is 1.67. The minimum absolute atomic E-state index is 0.160. The molecule has 0 bridgehead atoms. The van der Waals surface area contributed by atoms with Crippen molar-refractivity contribution in [3.8, 4) is 0 Å². The van der Waals surface area contributed by atoms with Crippen LogP contribution in [0, 0.1) is 6.92 Å². The molecule has 2 aromatic rings. The number of alkyl halides is 3. The highest BCUT2D eigenvalue weighted by molar-refractivity contribution is 9.11. The minimum atomic E-state index is -4.38. The van der Waals surface area contributed by atoms with Crippen molar-refractivity contribution in [3.63, 3.8) is 0 Å². The molecule has 0 aromatic heterocycles. The fourth-order valence-electron chi connectivity index (χ4n) is 2.08. The predicted octanol–water partition coefficient (Wildman–Crippen LogP) is 7.53. The van der Waals surface area contributed by atoms with Crippen molar-refractivity contribution in [1.82, 2.24) is 0 Å². The SMILES string of the molecule is Cc1ccc(/C=C/C(c2cc(Br)cc(Br)c2)C(F)(F)F)cc1Cl. The lowest BCUT2D eigenvalue weighted by Crippen LogP contribution is -2.18. The van der Waals surface area contributed by atoms with Gasteiger partial charge in [0.15, 0.2) is 0 Å². The van der Waals surface area contributed by atoms with E-state index in [1.54, 1.807) is 24.3 Å². The Bertz CT molecular complexity index is 719. The summed E-state index contributed by atoms with van der Waals surface area (Å²) >= 11 is 12.5. The molecule has 0 fully saturated rings. The Labute approximate surface area is 154 Å². The lowest BCUT2D eigenvalue weighted by molar-refractivity contribution is -0.139. The Morgan fingerprint density at radius 2 is 1.65 bits per heavy atom. The standard InChI is InChI=1S/C17H12Br2ClF3/c1-10-2-3-11(6-16(10)20)4-5-15(17(21,22)23)12-7-13(18)9-14(19)8-12/h2-9,15H,1H3/b5-4+. The average molecular weight is 469 g/mol. The summed E-state index contributed by atoms with van der Waals surface area (Å²) in [6.07, 6.45) is -1.79. The Morgan fingerprint density at radius 3 is 2.17 bits per heavy atom. The molecule has 1 atom stereocenters. The number of rotatable bonds is 3. The summed E-state index contributed by atoms with van der Waals surface area (Å²) < 4.78 is 41.4. The van der Waals surface area contributed by atoms with Crippen molar-refractivity contribution >= 4 is 49.5 Å². The van der Waals surface area contributed by atoms with E-state index in [4.69, 9.17) is 11.6 Å². The van der Waals surface area contributed by atoms with Crippen LogP contribution in [0.5, 0.6) is 0 Å². The van der Waals surface area contributed by atoms with E-state index in [0.29, 0.717) is 19.5 Å². The molecular weight excluding hydrogens is 456 g/mol. The zero-order valence-corrected chi connectivity index (χ0v) is 15.9. The predicted molar refractivity (Wildman–Crippen MR) is 95.9 cm³/mol. The van der Waals surface area contributed by atoms with Crippen LogP contribution in [0.1, 0.15) is 22.6 Å². The average Bonchev–Trinajstić information content (AvgIpc) is 2.40. The van der Waals surface area contributed by atoms with Gasteiger partial charge in [-0.15, -0.1) is 0 Å². The largest absolute Gasteiger partial charge is 0.399 e. The second kappa shape index (κ2) is 7.41. The Kier molecular flexibility index (Phi) is 5.98. The first-order chi connectivity index (χ1) is 10.7. The normalized spacial score (nSPS) is 13.5. The van der Waals surface area contributed by atoms with Crippen LogP contribution in [-0.4, -0.2) is 6.18 Å².